The topological polar surface area (TPSA) is 72.5 Å². The van der Waals surface area contributed by atoms with Crippen molar-refractivity contribution in [1.29, 1.82) is 0 Å². The maximum Gasteiger partial charge on any atom is 0.310 e. The van der Waals surface area contributed by atoms with Crippen LogP contribution in [0.2, 0.25) is 0 Å². The van der Waals surface area contributed by atoms with Crippen molar-refractivity contribution >= 4 is 16.0 Å². The zero-order valence-corrected chi connectivity index (χ0v) is 14.7. The summed E-state index contributed by atoms with van der Waals surface area (Å²) in [4.78, 5) is 11.6. The zero-order valence-electron chi connectivity index (χ0n) is 13.9. The molecule has 23 heavy (non-hydrogen) atoms. The molecule has 2 atom stereocenters. The minimum Gasteiger partial charge on any atom is -0.469 e. The molecule has 1 saturated carbocycles. The van der Waals surface area contributed by atoms with E-state index < -0.39 is 27.2 Å². The van der Waals surface area contributed by atoms with Gasteiger partial charge in [-0.1, -0.05) is 44.2 Å². The summed E-state index contributed by atoms with van der Waals surface area (Å²) in [5.74, 6) is -0.968. The maximum atomic E-state index is 12.4. The van der Waals surface area contributed by atoms with Crippen LogP contribution in [0.1, 0.15) is 32.3 Å². The molecule has 0 bridgehead atoms. The van der Waals surface area contributed by atoms with Crippen LogP contribution in [0.5, 0.6) is 0 Å². The van der Waals surface area contributed by atoms with Crippen LogP contribution in [0, 0.1) is 11.3 Å². The number of ether oxygens (including phenoxy) is 1. The number of benzene rings is 1. The number of carbonyl (C=O) groups excluding carboxylic acids is 1. The van der Waals surface area contributed by atoms with E-state index in [1.165, 1.54) is 12.7 Å². The fourth-order valence-electron chi connectivity index (χ4n) is 2.88. The number of carbonyl (C=O) groups is 1. The van der Waals surface area contributed by atoms with Crippen LogP contribution in [-0.2, 0) is 26.0 Å². The molecule has 0 aliphatic heterocycles. The Hall–Kier alpha value is -1.40. The van der Waals surface area contributed by atoms with Gasteiger partial charge in [0.15, 0.2) is 0 Å². The Morgan fingerprint density at radius 3 is 2.43 bits per heavy atom. The molecule has 0 saturated heterocycles. The standard InChI is InChI=1S/C17H25NO4S/c1-17(2,11-13-7-5-4-6-8-13)12-18-23(20,21)15-10-9-14(15)16(19)22-3/h4-8,14-15,18H,9-12H2,1-3H3. The number of methoxy groups -OCH3 is 1. The van der Waals surface area contributed by atoms with E-state index in [4.69, 9.17) is 0 Å². The average molecular weight is 339 g/mol. The van der Waals surface area contributed by atoms with Crippen molar-refractivity contribution in [1.82, 2.24) is 4.72 Å². The Labute approximate surface area is 138 Å². The molecule has 1 aliphatic rings. The van der Waals surface area contributed by atoms with Gasteiger partial charge in [-0.05, 0) is 30.2 Å². The number of esters is 1. The van der Waals surface area contributed by atoms with Crippen molar-refractivity contribution in [2.45, 2.75) is 38.4 Å². The van der Waals surface area contributed by atoms with Crippen LogP contribution >= 0.6 is 0 Å². The summed E-state index contributed by atoms with van der Waals surface area (Å²) in [5.41, 5.74) is 0.964. The summed E-state index contributed by atoms with van der Waals surface area (Å²) in [5, 5.41) is -0.664. The molecule has 1 aromatic rings. The molecule has 2 unspecified atom stereocenters. The monoisotopic (exact) mass is 339 g/mol. The molecule has 0 aromatic heterocycles. The Kier molecular flexibility index (Phi) is 5.47. The fourth-order valence-corrected chi connectivity index (χ4v) is 4.81. The van der Waals surface area contributed by atoms with Crippen molar-refractivity contribution in [3.63, 3.8) is 0 Å². The highest BCUT2D eigenvalue weighted by Crippen LogP contribution is 2.34. The van der Waals surface area contributed by atoms with E-state index >= 15 is 0 Å². The van der Waals surface area contributed by atoms with Crippen LogP contribution in [0.25, 0.3) is 0 Å². The van der Waals surface area contributed by atoms with Gasteiger partial charge in [0, 0.05) is 6.54 Å². The summed E-state index contributed by atoms with van der Waals surface area (Å²) >= 11 is 0. The number of nitrogens with one attached hydrogen (secondary N) is 1. The van der Waals surface area contributed by atoms with Gasteiger partial charge < -0.3 is 4.74 Å². The summed E-state index contributed by atoms with van der Waals surface area (Å²) in [6, 6.07) is 9.99. The first kappa shape index (κ1) is 17.9. The molecular formula is C17H25NO4S. The second-order valence-corrected chi connectivity index (χ2v) is 8.92. The highest BCUT2D eigenvalue weighted by molar-refractivity contribution is 7.90. The van der Waals surface area contributed by atoms with Crippen LogP contribution in [-0.4, -0.2) is 33.3 Å². The Balaban J connectivity index is 1.94. The van der Waals surface area contributed by atoms with Gasteiger partial charge >= 0.3 is 5.97 Å². The summed E-state index contributed by atoms with van der Waals surface area (Å²) in [6.45, 7) is 4.40. The number of sulfonamides is 1. The van der Waals surface area contributed by atoms with Crippen molar-refractivity contribution < 1.29 is 17.9 Å². The minimum absolute atomic E-state index is 0.209. The summed E-state index contributed by atoms with van der Waals surface area (Å²) in [6.07, 6.45) is 1.86. The smallest absolute Gasteiger partial charge is 0.310 e. The quantitative estimate of drug-likeness (QED) is 0.773. The minimum atomic E-state index is -3.50. The third-order valence-corrected chi connectivity index (χ3v) is 6.30. The zero-order chi connectivity index (χ0) is 17.1. The third-order valence-electron chi connectivity index (χ3n) is 4.39. The van der Waals surface area contributed by atoms with Crippen LogP contribution in [0.15, 0.2) is 30.3 Å². The van der Waals surface area contributed by atoms with Crippen LogP contribution in [0.4, 0.5) is 0 Å². The lowest BCUT2D eigenvalue weighted by Gasteiger charge is -2.35. The molecule has 5 nitrogen and oxygen atoms in total. The fraction of sp³-hybridized carbons (Fsp3) is 0.588. The highest BCUT2D eigenvalue weighted by atomic mass is 32.2. The Morgan fingerprint density at radius 2 is 1.91 bits per heavy atom. The van der Waals surface area contributed by atoms with Gasteiger partial charge in [-0.15, -0.1) is 0 Å². The second-order valence-electron chi connectivity index (χ2n) is 6.94. The van der Waals surface area contributed by atoms with Crippen molar-refractivity contribution in [2.75, 3.05) is 13.7 Å². The summed E-state index contributed by atoms with van der Waals surface area (Å²) in [7, 11) is -2.21. The van der Waals surface area contributed by atoms with Crippen molar-refractivity contribution in [3.8, 4) is 0 Å². The van der Waals surface area contributed by atoms with Gasteiger partial charge in [0.25, 0.3) is 0 Å². The normalized spacial score (nSPS) is 21.5. The van der Waals surface area contributed by atoms with E-state index in [2.05, 4.69) is 9.46 Å². The number of hydrogen-bond acceptors (Lipinski definition) is 4. The van der Waals surface area contributed by atoms with Crippen LogP contribution in [0.3, 0.4) is 0 Å². The molecule has 0 radical (unpaired) electrons. The maximum absolute atomic E-state index is 12.4. The van der Waals surface area contributed by atoms with E-state index in [-0.39, 0.29) is 5.41 Å². The lowest BCUT2D eigenvalue weighted by atomic mass is 9.85. The summed E-state index contributed by atoms with van der Waals surface area (Å²) < 4.78 is 32.2. The highest BCUT2D eigenvalue weighted by Gasteiger charge is 2.45. The molecule has 1 aromatic carbocycles. The molecule has 1 fully saturated rings. The van der Waals surface area contributed by atoms with Crippen LogP contribution < -0.4 is 4.72 Å². The van der Waals surface area contributed by atoms with Gasteiger partial charge in [0.05, 0.1) is 18.3 Å². The van der Waals surface area contributed by atoms with E-state index in [0.717, 1.165) is 6.42 Å². The first-order valence-electron chi connectivity index (χ1n) is 7.85. The van der Waals surface area contributed by atoms with E-state index in [1.54, 1.807) is 0 Å². The largest absolute Gasteiger partial charge is 0.469 e. The first-order chi connectivity index (χ1) is 10.7. The van der Waals surface area contributed by atoms with Gasteiger partial charge in [0.1, 0.15) is 0 Å². The number of hydrogen-bond donors (Lipinski definition) is 1. The van der Waals surface area contributed by atoms with Gasteiger partial charge in [-0.25, -0.2) is 13.1 Å². The third kappa shape index (κ3) is 4.54. The molecule has 6 heteroatoms. The Morgan fingerprint density at radius 1 is 1.26 bits per heavy atom. The molecule has 1 aliphatic carbocycles. The molecule has 0 spiro atoms. The van der Waals surface area contributed by atoms with Gasteiger partial charge in [0.2, 0.25) is 10.0 Å². The SMILES string of the molecule is COC(=O)C1CCC1S(=O)(=O)NCC(C)(C)Cc1ccccc1. The van der Waals surface area contributed by atoms with E-state index in [0.29, 0.717) is 19.4 Å². The second kappa shape index (κ2) is 7.01. The predicted octanol–water partition coefficient (Wildman–Crippen LogP) is 2.13. The molecule has 1 N–H and O–H groups in total. The lowest BCUT2D eigenvalue weighted by Crippen LogP contribution is -2.50. The van der Waals surface area contributed by atoms with Crippen molar-refractivity contribution in [2.24, 2.45) is 11.3 Å². The van der Waals surface area contributed by atoms with E-state index in [9.17, 15) is 13.2 Å². The number of rotatable bonds is 7. The molecule has 2 rings (SSSR count). The molecule has 0 heterocycles. The molecule has 0 amide bonds. The van der Waals surface area contributed by atoms with Gasteiger partial charge in [-0.3, -0.25) is 4.79 Å². The average Bonchev–Trinajstić information content (AvgIpc) is 2.44. The first-order valence-corrected chi connectivity index (χ1v) is 9.40. The lowest BCUT2D eigenvalue weighted by molar-refractivity contribution is -0.147. The van der Waals surface area contributed by atoms with E-state index in [1.807, 2.05) is 44.2 Å². The molecular weight excluding hydrogens is 314 g/mol. The predicted molar refractivity (Wildman–Crippen MR) is 89.4 cm³/mol. The van der Waals surface area contributed by atoms with Gasteiger partial charge in [-0.2, -0.15) is 0 Å². The molecule has 128 valence electrons. The Bertz CT molecular complexity index is 640. The van der Waals surface area contributed by atoms with Crippen molar-refractivity contribution in [3.05, 3.63) is 35.9 Å².